The van der Waals surface area contributed by atoms with Gasteiger partial charge in [0.25, 0.3) is 0 Å². The quantitative estimate of drug-likeness (QED) is 0.141. The molecule has 0 saturated heterocycles. The first-order valence-electron chi connectivity index (χ1n) is 22.7. The van der Waals surface area contributed by atoms with Crippen LogP contribution in [0.1, 0.15) is 0 Å². The number of nitrogens with zero attached hydrogens (tertiary/aromatic N) is 2. The van der Waals surface area contributed by atoms with Crippen LogP contribution in [-0.2, 0) is 0 Å². The van der Waals surface area contributed by atoms with E-state index >= 15 is 0 Å². The molecule has 1 heterocycles. The van der Waals surface area contributed by atoms with Gasteiger partial charge in [-0.25, -0.2) is 0 Å². The summed E-state index contributed by atoms with van der Waals surface area (Å²) in [4.78, 5) is 2.37. The summed E-state index contributed by atoms with van der Waals surface area (Å²) in [5.74, 6) is 0. The van der Waals surface area contributed by atoms with Crippen LogP contribution in [0.15, 0.2) is 267 Å². The summed E-state index contributed by atoms with van der Waals surface area (Å²) in [6, 6.07) is 96.8. The third-order valence-electron chi connectivity index (χ3n) is 13.0. The lowest BCUT2D eigenvalue weighted by molar-refractivity contribution is 1.18. The van der Waals surface area contributed by atoms with Crippen LogP contribution in [0, 0.1) is 0 Å². The molecule has 1 aromatic heterocycles. The molecular weight excluding hydrogens is 797 g/mol. The van der Waals surface area contributed by atoms with E-state index in [1.165, 1.54) is 88.3 Å². The SMILES string of the molecule is c1ccc(-c2ccc(-c3cccc(N(c4ccc(-c5cccc(-c6ccccc6-n6c7ccccc7c7ccccc76)c5)cc4)c4ccc(-c5ccc6ccccc6c5)cc4)c3)cc2)cc1. The van der Waals surface area contributed by atoms with E-state index in [2.05, 4.69) is 276 Å². The standard InChI is InChI=1S/C64H44N2/c1-2-14-45(15-3-1)47-28-30-48(31-29-47)53-19-13-21-58(44-53)65(57-40-36-50(37-41-57)54-33-32-46-16-4-5-17-51(46)42-54)56-38-34-49(35-39-56)52-18-12-20-55(43-52)59-22-6-9-25-62(59)66-63-26-10-7-23-60(63)61-24-8-11-27-64(61)66/h1-44H. The van der Waals surface area contributed by atoms with E-state index < -0.39 is 0 Å². The van der Waals surface area contributed by atoms with Crippen molar-refractivity contribution in [3.8, 4) is 61.3 Å². The summed E-state index contributed by atoms with van der Waals surface area (Å²) in [5.41, 5.74) is 18.7. The van der Waals surface area contributed by atoms with E-state index in [4.69, 9.17) is 0 Å². The molecule has 0 aliphatic heterocycles. The maximum Gasteiger partial charge on any atom is 0.0541 e. The Balaban J connectivity index is 0.909. The molecule has 2 heteroatoms. The third-order valence-corrected chi connectivity index (χ3v) is 13.0. The fraction of sp³-hybridized carbons (Fsp3) is 0. The Morgan fingerprint density at radius 2 is 0.682 bits per heavy atom. The minimum absolute atomic E-state index is 1.08. The number of hydrogen-bond acceptors (Lipinski definition) is 1. The van der Waals surface area contributed by atoms with E-state index in [0.717, 1.165) is 22.6 Å². The summed E-state index contributed by atoms with van der Waals surface area (Å²) < 4.78 is 2.42. The molecule has 0 aliphatic rings. The summed E-state index contributed by atoms with van der Waals surface area (Å²) in [5, 5.41) is 5.01. The number of anilines is 3. The van der Waals surface area contributed by atoms with Crippen LogP contribution in [-0.4, -0.2) is 4.57 Å². The maximum atomic E-state index is 2.42. The Bertz CT molecular complexity index is 3620. The fourth-order valence-electron chi connectivity index (χ4n) is 9.69. The molecule has 0 fully saturated rings. The van der Waals surface area contributed by atoms with Crippen LogP contribution in [0.3, 0.4) is 0 Å². The smallest absolute Gasteiger partial charge is 0.0541 e. The van der Waals surface area contributed by atoms with Crippen LogP contribution < -0.4 is 4.90 Å². The molecule has 12 rings (SSSR count). The van der Waals surface area contributed by atoms with Crippen molar-refractivity contribution in [1.29, 1.82) is 0 Å². The summed E-state index contributed by atoms with van der Waals surface area (Å²) >= 11 is 0. The van der Waals surface area contributed by atoms with Crippen LogP contribution in [0.25, 0.3) is 93.9 Å². The lowest BCUT2D eigenvalue weighted by Crippen LogP contribution is -2.10. The molecule has 12 aromatic rings. The maximum absolute atomic E-state index is 2.42. The molecule has 0 unspecified atom stereocenters. The largest absolute Gasteiger partial charge is 0.310 e. The van der Waals surface area contributed by atoms with Crippen molar-refractivity contribution in [3.05, 3.63) is 267 Å². The van der Waals surface area contributed by atoms with E-state index in [1.54, 1.807) is 0 Å². The second-order valence-corrected chi connectivity index (χ2v) is 17.0. The highest BCUT2D eigenvalue weighted by atomic mass is 15.1. The van der Waals surface area contributed by atoms with Gasteiger partial charge in [0, 0.05) is 33.4 Å². The van der Waals surface area contributed by atoms with Gasteiger partial charge in [-0.15, -0.1) is 0 Å². The van der Waals surface area contributed by atoms with Gasteiger partial charge in [0.15, 0.2) is 0 Å². The molecule has 0 aliphatic carbocycles. The molecule has 0 saturated carbocycles. The van der Waals surface area contributed by atoms with E-state index in [9.17, 15) is 0 Å². The zero-order valence-electron chi connectivity index (χ0n) is 36.3. The average molecular weight is 841 g/mol. The lowest BCUT2D eigenvalue weighted by Gasteiger charge is -2.26. The fourth-order valence-corrected chi connectivity index (χ4v) is 9.69. The van der Waals surface area contributed by atoms with Crippen molar-refractivity contribution in [2.75, 3.05) is 4.90 Å². The van der Waals surface area contributed by atoms with Gasteiger partial charge in [-0.2, -0.15) is 0 Å². The van der Waals surface area contributed by atoms with Crippen LogP contribution in [0.2, 0.25) is 0 Å². The van der Waals surface area contributed by atoms with Gasteiger partial charge in [-0.05, 0) is 128 Å². The second-order valence-electron chi connectivity index (χ2n) is 17.0. The first-order valence-corrected chi connectivity index (χ1v) is 22.7. The Morgan fingerprint density at radius 3 is 1.35 bits per heavy atom. The van der Waals surface area contributed by atoms with E-state index in [-0.39, 0.29) is 0 Å². The minimum atomic E-state index is 1.08. The number of benzene rings is 11. The van der Waals surface area contributed by atoms with Crippen molar-refractivity contribution in [1.82, 2.24) is 4.57 Å². The van der Waals surface area contributed by atoms with Gasteiger partial charge >= 0.3 is 0 Å². The van der Waals surface area contributed by atoms with E-state index in [1.807, 2.05) is 0 Å². The highest BCUT2D eigenvalue weighted by Gasteiger charge is 2.17. The van der Waals surface area contributed by atoms with Crippen molar-refractivity contribution in [2.45, 2.75) is 0 Å². The Kier molecular flexibility index (Phi) is 9.89. The van der Waals surface area contributed by atoms with Crippen LogP contribution >= 0.6 is 0 Å². The molecule has 0 amide bonds. The number of para-hydroxylation sites is 3. The van der Waals surface area contributed by atoms with Crippen molar-refractivity contribution >= 4 is 49.6 Å². The first kappa shape index (κ1) is 38.9. The topological polar surface area (TPSA) is 8.17 Å². The van der Waals surface area contributed by atoms with Gasteiger partial charge in [0.2, 0.25) is 0 Å². The predicted octanol–water partition coefficient (Wildman–Crippen LogP) is 17.7. The molecular formula is C64H44N2. The van der Waals surface area contributed by atoms with Gasteiger partial charge < -0.3 is 9.47 Å². The summed E-state index contributed by atoms with van der Waals surface area (Å²) in [7, 11) is 0. The zero-order valence-corrected chi connectivity index (χ0v) is 36.3. The number of hydrogen-bond donors (Lipinski definition) is 0. The summed E-state index contributed by atoms with van der Waals surface area (Å²) in [6.45, 7) is 0. The normalized spacial score (nSPS) is 11.3. The first-order chi connectivity index (χ1) is 32.7. The van der Waals surface area contributed by atoms with Crippen molar-refractivity contribution in [3.63, 3.8) is 0 Å². The molecule has 0 spiro atoms. The van der Waals surface area contributed by atoms with Crippen LogP contribution in [0.5, 0.6) is 0 Å². The van der Waals surface area contributed by atoms with Crippen molar-refractivity contribution in [2.24, 2.45) is 0 Å². The highest BCUT2D eigenvalue weighted by molar-refractivity contribution is 6.09. The Hall–Kier alpha value is -8.72. The number of aromatic nitrogens is 1. The Labute approximate surface area is 385 Å². The van der Waals surface area contributed by atoms with Crippen LogP contribution in [0.4, 0.5) is 17.1 Å². The minimum Gasteiger partial charge on any atom is -0.310 e. The zero-order chi connectivity index (χ0) is 43.8. The molecule has 0 bridgehead atoms. The molecule has 2 nitrogen and oxygen atoms in total. The summed E-state index contributed by atoms with van der Waals surface area (Å²) in [6.07, 6.45) is 0. The number of rotatable bonds is 9. The molecule has 0 radical (unpaired) electrons. The molecule has 310 valence electrons. The molecule has 0 N–H and O–H groups in total. The average Bonchev–Trinajstić information content (AvgIpc) is 3.74. The lowest BCUT2D eigenvalue weighted by atomic mass is 9.97. The van der Waals surface area contributed by atoms with Gasteiger partial charge in [-0.3, -0.25) is 0 Å². The predicted molar refractivity (Wildman–Crippen MR) is 280 cm³/mol. The third kappa shape index (κ3) is 7.21. The molecule has 11 aromatic carbocycles. The van der Waals surface area contributed by atoms with Crippen molar-refractivity contribution < 1.29 is 0 Å². The van der Waals surface area contributed by atoms with Gasteiger partial charge in [-0.1, -0.05) is 200 Å². The molecule has 66 heavy (non-hydrogen) atoms. The second kappa shape index (κ2) is 16.8. The van der Waals surface area contributed by atoms with Gasteiger partial charge in [0.1, 0.15) is 0 Å². The monoisotopic (exact) mass is 840 g/mol. The Morgan fingerprint density at radius 1 is 0.242 bits per heavy atom. The highest BCUT2D eigenvalue weighted by Crippen LogP contribution is 2.41. The number of fused-ring (bicyclic) bond motifs is 4. The molecule has 0 atom stereocenters. The van der Waals surface area contributed by atoms with E-state index in [0.29, 0.717) is 0 Å². The van der Waals surface area contributed by atoms with Gasteiger partial charge in [0.05, 0.1) is 16.7 Å².